The molecule has 21 heavy (non-hydrogen) atoms. The van der Waals surface area contributed by atoms with Gasteiger partial charge in [0, 0.05) is 0 Å². The molecule has 0 amide bonds. The lowest BCUT2D eigenvalue weighted by Gasteiger charge is -2.19. The average Bonchev–Trinajstić information content (AvgIpc) is 2.93. The number of hydrogen-bond acceptors (Lipinski definition) is 8. The average molecular weight is 309 g/mol. The summed E-state index contributed by atoms with van der Waals surface area (Å²) < 4.78 is 4.85. The molecule has 0 aliphatic heterocycles. The lowest BCUT2D eigenvalue weighted by molar-refractivity contribution is -0.141. The molecular weight excluding hydrogens is 290 g/mol. The fraction of sp³-hybridized carbons (Fsp3) is 0.462. The molecule has 0 saturated carbocycles. The summed E-state index contributed by atoms with van der Waals surface area (Å²) in [5.74, 6) is 6.30. The zero-order valence-electron chi connectivity index (χ0n) is 12.2. The van der Waals surface area contributed by atoms with E-state index in [0.29, 0.717) is 24.1 Å². The first-order chi connectivity index (χ1) is 10.0. The number of carbonyl (C=O) groups is 1. The highest BCUT2D eigenvalue weighted by atomic mass is 32.1. The van der Waals surface area contributed by atoms with E-state index >= 15 is 0 Å². The Morgan fingerprint density at radius 1 is 1.48 bits per heavy atom. The van der Waals surface area contributed by atoms with Gasteiger partial charge in [-0.2, -0.15) is 4.98 Å². The molecule has 1 unspecified atom stereocenters. The van der Waals surface area contributed by atoms with E-state index in [-0.39, 0.29) is 5.97 Å². The van der Waals surface area contributed by atoms with Crippen LogP contribution in [0.25, 0.3) is 10.2 Å². The number of rotatable bonds is 6. The van der Waals surface area contributed by atoms with Gasteiger partial charge in [-0.25, -0.2) is 15.6 Å². The molecular formula is C13H19N5O2S. The highest BCUT2D eigenvalue weighted by Gasteiger charge is 2.22. The zero-order valence-corrected chi connectivity index (χ0v) is 13.0. The lowest BCUT2D eigenvalue weighted by Crippen LogP contribution is -2.32. The van der Waals surface area contributed by atoms with Crippen molar-refractivity contribution in [3.05, 3.63) is 11.4 Å². The maximum absolute atomic E-state index is 11.9. The maximum Gasteiger partial charge on any atom is 0.328 e. The van der Waals surface area contributed by atoms with Crippen molar-refractivity contribution in [1.82, 2.24) is 9.97 Å². The minimum Gasteiger partial charge on any atom is -0.467 e. The Labute approximate surface area is 126 Å². The predicted molar refractivity (Wildman–Crippen MR) is 84.1 cm³/mol. The van der Waals surface area contributed by atoms with Crippen LogP contribution in [0.3, 0.4) is 0 Å². The number of esters is 1. The first-order valence-corrected chi connectivity index (χ1v) is 7.49. The van der Waals surface area contributed by atoms with Gasteiger partial charge >= 0.3 is 5.97 Å². The lowest BCUT2D eigenvalue weighted by atomic mass is 10.0. The monoisotopic (exact) mass is 309 g/mol. The molecule has 114 valence electrons. The first kappa shape index (κ1) is 15.5. The number of hydrogen-bond donors (Lipinski definition) is 3. The van der Waals surface area contributed by atoms with Gasteiger partial charge in [-0.3, -0.25) is 5.43 Å². The summed E-state index contributed by atoms with van der Waals surface area (Å²) in [6.07, 6.45) is 0.647. The normalized spacial score (nSPS) is 12.4. The third kappa shape index (κ3) is 3.59. The van der Waals surface area contributed by atoms with Crippen LogP contribution in [0.1, 0.15) is 20.3 Å². The molecule has 7 nitrogen and oxygen atoms in total. The van der Waals surface area contributed by atoms with E-state index in [2.05, 4.69) is 20.7 Å². The Morgan fingerprint density at radius 3 is 2.86 bits per heavy atom. The van der Waals surface area contributed by atoms with Crippen molar-refractivity contribution in [1.29, 1.82) is 0 Å². The minimum absolute atomic E-state index is 0.306. The number of hydrazine groups is 1. The highest BCUT2D eigenvalue weighted by molar-refractivity contribution is 7.16. The van der Waals surface area contributed by atoms with Crippen LogP contribution in [0.5, 0.6) is 0 Å². The quantitative estimate of drug-likeness (QED) is 0.426. The summed E-state index contributed by atoms with van der Waals surface area (Å²) in [4.78, 5) is 21.3. The fourth-order valence-corrected chi connectivity index (χ4v) is 2.79. The Balaban J connectivity index is 2.35. The summed E-state index contributed by atoms with van der Waals surface area (Å²) in [6, 6.07) is 1.45. The number of aromatic nitrogens is 2. The number of nitrogens with zero attached hydrogens (tertiary/aromatic N) is 2. The van der Waals surface area contributed by atoms with Crippen LogP contribution in [-0.2, 0) is 9.53 Å². The van der Waals surface area contributed by atoms with E-state index in [1.54, 1.807) is 0 Å². The molecule has 2 aromatic heterocycles. The van der Waals surface area contributed by atoms with Gasteiger partial charge in [0.15, 0.2) is 0 Å². The van der Waals surface area contributed by atoms with Crippen molar-refractivity contribution >= 4 is 39.3 Å². The molecule has 0 aliphatic rings. The summed E-state index contributed by atoms with van der Waals surface area (Å²) >= 11 is 1.48. The zero-order chi connectivity index (χ0) is 15.4. The summed E-state index contributed by atoms with van der Waals surface area (Å²) in [7, 11) is 1.38. The Morgan fingerprint density at radius 2 is 2.24 bits per heavy atom. The largest absolute Gasteiger partial charge is 0.467 e. The second-order valence-corrected chi connectivity index (χ2v) is 5.92. The molecule has 0 spiro atoms. The van der Waals surface area contributed by atoms with Gasteiger partial charge in [0.05, 0.1) is 12.5 Å². The summed E-state index contributed by atoms with van der Waals surface area (Å²) in [5, 5.41) is 5.93. The third-order valence-electron chi connectivity index (χ3n) is 2.96. The van der Waals surface area contributed by atoms with Crippen molar-refractivity contribution in [2.24, 2.45) is 11.8 Å². The van der Waals surface area contributed by atoms with Gasteiger partial charge in [-0.05, 0) is 23.8 Å². The van der Waals surface area contributed by atoms with E-state index in [1.165, 1.54) is 18.4 Å². The number of thiophene rings is 1. The molecule has 0 aromatic carbocycles. The van der Waals surface area contributed by atoms with E-state index in [1.807, 2.05) is 25.3 Å². The number of anilines is 2. The molecule has 0 fully saturated rings. The number of methoxy groups -OCH3 is 1. The van der Waals surface area contributed by atoms with Crippen molar-refractivity contribution in [2.45, 2.75) is 26.3 Å². The Hall–Kier alpha value is -1.93. The van der Waals surface area contributed by atoms with Crippen LogP contribution in [0.15, 0.2) is 11.4 Å². The van der Waals surface area contributed by atoms with Crippen molar-refractivity contribution < 1.29 is 9.53 Å². The SMILES string of the molecule is COC(=O)C(CC(C)C)Nc1nc(NN)nc2sccc12. The predicted octanol–water partition coefficient (Wildman–Crippen LogP) is 1.98. The number of ether oxygens (including phenoxy) is 1. The summed E-state index contributed by atoms with van der Waals surface area (Å²) in [5.41, 5.74) is 2.43. The number of nitrogens with two attached hydrogens (primary N) is 1. The van der Waals surface area contributed by atoms with E-state index < -0.39 is 6.04 Å². The van der Waals surface area contributed by atoms with Crippen LogP contribution in [-0.4, -0.2) is 29.1 Å². The molecule has 1 atom stereocenters. The van der Waals surface area contributed by atoms with Crippen LogP contribution in [0.4, 0.5) is 11.8 Å². The van der Waals surface area contributed by atoms with Crippen LogP contribution < -0.4 is 16.6 Å². The van der Waals surface area contributed by atoms with Gasteiger partial charge in [0.25, 0.3) is 0 Å². The summed E-state index contributed by atoms with van der Waals surface area (Å²) in [6.45, 7) is 4.09. The first-order valence-electron chi connectivity index (χ1n) is 6.61. The second kappa shape index (κ2) is 6.68. The number of fused-ring (bicyclic) bond motifs is 1. The molecule has 0 saturated heterocycles. The standard InChI is InChI=1S/C13H19N5O2S/c1-7(2)6-9(12(19)20-3)15-10-8-4-5-21-11(8)17-13(16-10)18-14/h4-5,7,9H,6,14H2,1-3H3,(H2,15,16,17,18). The Kier molecular flexibility index (Phi) is 4.92. The number of carbonyl (C=O) groups excluding carboxylic acids is 1. The smallest absolute Gasteiger partial charge is 0.328 e. The van der Waals surface area contributed by atoms with Crippen molar-refractivity contribution in [3.8, 4) is 0 Å². The molecule has 0 bridgehead atoms. The minimum atomic E-state index is -0.460. The molecule has 0 radical (unpaired) electrons. The van der Waals surface area contributed by atoms with Gasteiger partial charge in [-0.15, -0.1) is 11.3 Å². The van der Waals surface area contributed by atoms with Crippen LogP contribution in [0.2, 0.25) is 0 Å². The van der Waals surface area contributed by atoms with Gasteiger partial charge in [0.1, 0.15) is 16.7 Å². The van der Waals surface area contributed by atoms with Crippen LogP contribution in [0, 0.1) is 5.92 Å². The Bertz CT molecular complexity index is 628. The van der Waals surface area contributed by atoms with Gasteiger partial charge < -0.3 is 10.1 Å². The highest BCUT2D eigenvalue weighted by Crippen LogP contribution is 2.27. The second-order valence-electron chi connectivity index (χ2n) is 5.03. The van der Waals surface area contributed by atoms with E-state index in [4.69, 9.17) is 10.6 Å². The van der Waals surface area contributed by atoms with Crippen molar-refractivity contribution in [2.75, 3.05) is 17.9 Å². The van der Waals surface area contributed by atoms with Crippen molar-refractivity contribution in [3.63, 3.8) is 0 Å². The van der Waals surface area contributed by atoms with Gasteiger partial charge in [-0.1, -0.05) is 13.8 Å². The van der Waals surface area contributed by atoms with Gasteiger partial charge in [0.2, 0.25) is 5.95 Å². The van der Waals surface area contributed by atoms with E-state index in [9.17, 15) is 4.79 Å². The third-order valence-corrected chi connectivity index (χ3v) is 3.76. The van der Waals surface area contributed by atoms with Crippen LogP contribution >= 0.6 is 11.3 Å². The molecule has 4 N–H and O–H groups in total. The topological polar surface area (TPSA) is 102 Å². The maximum atomic E-state index is 11.9. The molecule has 2 rings (SSSR count). The van der Waals surface area contributed by atoms with E-state index in [0.717, 1.165) is 10.2 Å². The fourth-order valence-electron chi connectivity index (χ4n) is 2.02. The number of nitrogen functional groups attached to an aromatic ring is 1. The molecule has 2 aromatic rings. The molecule has 8 heteroatoms. The number of nitrogens with one attached hydrogen (secondary N) is 2. The molecule has 0 aliphatic carbocycles. The molecule has 2 heterocycles.